The van der Waals surface area contributed by atoms with Crippen molar-refractivity contribution in [2.24, 2.45) is 0 Å². The van der Waals surface area contributed by atoms with Gasteiger partial charge in [-0.25, -0.2) is 4.98 Å². The van der Waals surface area contributed by atoms with Crippen LogP contribution in [0.3, 0.4) is 0 Å². The summed E-state index contributed by atoms with van der Waals surface area (Å²) in [6, 6.07) is 45.7. The Morgan fingerprint density at radius 1 is 0.567 bits per heavy atom. The standard InChI is InChI=1S/C55H50N4O/c1-32-22-23-45(40(26-32)35-16-11-10-12-17-35)59-46-21-15-19-39(49(46)57-53(59)42-30-38(54(4,5)6)31-43(52(42)60)55(7,8)9)37-27-34(3)51-41(28-37)50-48(33(2)24-25-56-50)47-29-36-18-13-14-20-44(36)58(47)51/h10-31,60H,1-9H3. The maximum absolute atomic E-state index is 12.4. The molecule has 0 saturated heterocycles. The van der Waals surface area contributed by atoms with E-state index in [0.717, 1.165) is 77.6 Å². The summed E-state index contributed by atoms with van der Waals surface area (Å²) >= 11 is 0. The van der Waals surface area contributed by atoms with Crippen molar-refractivity contribution in [3.8, 4) is 45.1 Å². The van der Waals surface area contributed by atoms with Crippen LogP contribution in [0.5, 0.6) is 5.75 Å². The zero-order valence-corrected chi connectivity index (χ0v) is 35.9. The molecule has 0 aliphatic heterocycles. The second kappa shape index (κ2) is 13.4. The van der Waals surface area contributed by atoms with Gasteiger partial charge in [0.05, 0.1) is 44.4 Å². The summed E-state index contributed by atoms with van der Waals surface area (Å²) < 4.78 is 4.70. The number of fused-ring (bicyclic) bond motifs is 9. The van der Waals surface area contributed by atoms with Crippen molar-refractivity contribution in [1.29, 1.82) is 0 Å². The van der Waals surface area contributed by atoms with Gasteiger partial charge in [0.25, 0.3) is 0 Å². The fraction of sp³-hybridized carbons (Fsp3) is 0.200. The number of rotatable bonds is 4. The molecule has 0 unspecified atom stereocenters. The predicted octanol–water partition coefficient (Wildman–Crippen LogP) is 14.4. The molecule has 0 bridgehead atoms. The molecule has 60 heavy (non-hydrogen) atoms. The number of para-hydroxylation sites is 2. The van der Waals surface area contributed by atoms with Crippen molar-refractivity contribution in [3.05, 3.63) is 161 Å². The molecule has 0 aliphatic rings. The molecular formula is C55H50N4O. The number of phenolic OH excluding ortho intramolecular Hbond substituents is 1. The van der Waals surface area contributed by atoms with Crippen LogP contribution >= 0.6 is 0 Å². The van der Waals surface area contributed by atoms with E-state index in [2.05, 4.69) is 199 Å². The molecule has 4 heterocycles. The van der Waals surface area contributed by atoms with Crippen molar-refractivity contribution < 1.29 is 5.11 Å². The third kappa shape index (κ3) is 5.82. The molecule has 0 atom stereocenters. The molecule has 0 saturated carbocycles. The smallest absolute Gasteiger partial charge is 0.149 e. The zero-order valence-electron chi connectivity index (χ0n) is 35.9. The molecule has 296 valence electrons. The van der Waals surface area contributed by atoms with Gasteiger partial charge in [-0.3, -0.25) is 9.55 Å². The molecule has 5 nitrogen and oxygen atoms in total. The van der Waals surface area contributed by atoms with Crippen LogP contribution in [-0.4, -0.2) is 24.0 Å². The second-order valence-electron chi connectivity index (χ2n) is 18.7. The third-order valence-corrected chi connectivity index (χ3v) is 12.4. The first-order valence-electron chi connectivity index (χ1n) is 21.0. The van der Waals surface area contributed by atoms with E-state index in [1.54, 1.807) is 0 Å². The van der Waals surface area contributed by atoms with Gasteiger partial charge in [-0.1, -0.05) is 120 Å². The molecule has 0 amide bonds. The highest BCUT2D eigenvalue weighted by Crippen LogP contribution is 2.46. The number of hydrogen-bond donors (Lipinski definition) is 1. The van der Waals surface area contributed by atoms with Crippen molar-refractivity contribution in [3.63, 3.8) is 0 Å². The van der Waals surface area contributed by atoms with Gasteiger partial charge in [0.2, 0.25) is 0 Å². The van der Waals surface area contributed by atoms with E-state index in [-0.39, 0.29) is 16.6 Å². The van der Waals surface area contributed by atoms with Crippen molar-refractivity contribution in [1.82, 2.24) is 18.9 Å². The Bertz CT molecular complexity index is 3370. The number of imidazole rings is 1. The molecule has 6 aromatic carbocycles. The molecular weight excluding hydrogens is 733 g/mol. The highest BCUT2D eigenvalue weighted by Gasteiger charge is 2.29. The minimum atomic E-state index is -0.310. The fourth-order valence-electron chi connectivity index (χ4n) is 9.34. The summed E-state index contributed by atoms with van der Waals surface area (Å²) in [5, 5.41) is 15.9. The lowest BCUT2D eigenvalue weighted by Gasteiger charge is -2.27. The van der Waals surface area contributed by atoms with Crippen molar-refractivity contribution >= 4 is 49.3 Å². The number of aromatic hydroxyl groups is 1. The lowest BCUT2D eigenvalue weighted by Crippen LogP contribution is -2.17. The quantitative estimate of drug-likeness (QED) is 0.181. The van der Waals surface area contributed by atoms with Gasteiger partial charge in [0, 0.05) is 39.0 Å². The Hall–Kier alpha value is -6.72. The Morgan fingerprint density at radius 2 is 1.32 bits per heavy atom. The van der Waals surface area contributed by atoms with Gasteiger partial charge in [0.1, 0.15) is 11.6 Å². The largest absolute Gasteiger partial charge is 0.507 e. The monoisotopic (exact) mass is 782 g/mol. The minimum absolute atomic E-state index is 0.169. The van der Waals surface area contributed by atoms with Gasteiger partial charge in [-0.15, -0.1) is 0 Å². The summed E-state index contributed by atoms with van der Waals surface area (Å²) in [6.45, 7) is 19.7. The molecule has 10 rings (SSSR count). The van der Waals surface area contributed by atoms with Gasteiger partial charge < -0.3 is 9.51 Å². The first-order valence-corrected chi connectivity index (χ1v) is 21.0. The lowest BCUT2D eigenvalue weighted by atomic mass is 9.79. The van der Waals surface area contributed by atoms with Gasteiger partial charge >= 0.3 is 0 Å². The average Bonchev–Trinajstić information content (AvgIpc) is 3.79. The van der Waals surface area contributed by atoms with E-state index in [0.29, 0.717) is 5.82 Å². The summed E-state index contributed by atoms with van der Waals surface area (Å²) in [7, 11) is 0. The fourth-order valence-corrected chi connectivity index (χ4v) is 9.34. The van der Waals surface area contributed by atoms with E-state index >= 15 is 0 Å². The zero-order chi connectivity index (χ0) is 41.8. The SMILES string of the molecule is Cc1ccc(-n2c(-c3cc(C(C)(C)C)cc(C(C)(C)C)c3O)nc3c(-c4cc(C)c5c(c4)c4nccc(C)c4c4cc6ccccc6n45)cccc32)c(-c2ccccc2)c1. The normalized spacial score (nSPS) is 12.5. The summed E-state index contributed by atoms with van der Waals surface area (Å²) in [5.74, 6) is 0.966. The molecule has 0 aliphatic carbocycles. The van der Waals surface area contributed by atoms with Crippen molar-refractivity contribution in [2.75, 3.05) is 0 Å². The molecule has 10 aromatic rings. The summed E-state index contributed by atoms with van der Waals surface area (Å²) in [4.78, 5) is 10.7. The Morgan fingerprint density at radius 3 is 2.08 bits per heavy atom. The molecule has 0 fully saturated rings. The van der Waals surface area contributed by atoms with Crippen LogP contribution in [0, 0.1) is 20.8 Å². The van der Waals surface area contributed by atoms with Gasteiger partial charge in [-0.2, -0.15) is 0 Å². The summed E-state index contributed by atoms with van der Waals surface area (Å²) in [5.41, 5.74) is 17.5. The minimum Gasteiger partial charge on any atom is -0.507 e. The van der Waals surface area contributed by atoms with Crippen molar-refractivity contribution in [2.45, 2.75) is 73.1 Å². The summed E-state index contributed by atoms with van der Waals surface area (Å²) in [6.07, 6.45) is 1.93. The second-order valence-corrected chi connectivity index (χ2v) is 18.7. The van der Waals surface area contributed by atoms with E-state index in [1.165, 1.54) is 32.9 Å². The first-order chi connectivity index (χ1) is 28.7. The predicted molar refractivity (Wildman–Crippen MR) is 252 cm³/mol. The van der Waals surface area contributed by atoms with Crippen LogP contribution in [0.4, 0.5) is 0 Å². The first kappa shape index (κ1) is 37.5. The molecule has 4 aromatic heterocycles. The van der Waals surface area contributed by atoms with Crippen LogP contribution < -0.4 is 0 Å². The number of pyridine rings is 2. The number of aromatic nitrogens is 4. The van der Waals surface area contributed by atoms with Crippen LogP contribution in [0.25, 0.3) is 88.6 Å². The van der Waals surface area contributed by atoms with Crippen LogP contribution in [0.1, 0.15) is 69.4 Å². The maximum Gasteiger partial charge on any atom is 0.149 e. The van der Waals surface area contributed by atoms with Crippen LogP contribution in [-0.2, 0) is 10.8 Å². The topological polar surface area (TPSA) is 55.3 Å². The van der Waals surface area contributed by atoms with E-state index < -0.39 is 0 Å². The van der Waals surface area contributed by atoms with Crippen LogP contribution in [0.2, 0.25) is 0 Å². The number of nitrogens with zero attached hydrogens (tertiary/aromatic N) is 4. The van der Waals surface area contributed by atoms with E-state index in [9.17, 15) is 5.11 Å². The highest BCUT2D eigenvalue weighted by atomic mass is 16.3. The molecule has 1 N–H and O–H groups in total. The Kier molecular flexibility index (Phi) is 8.39. The van der Waals surface area contributed by atoms with Gasteiger partial charge in [0.15, 0.2) is 0 Å². The maximum atomic E-state index is 12.4. The molecule has 5 heteroatoms. The number of hydrogen-bond acceptors (Lipinski definition) is 3. The molecule has 0 radical (unpaired) electrons. The van der Waals surface area contributed by atoms with Crippen LogP contribution in [0.15, 0.2) is 134 Å². The Labute approximate surface area is 351 Å². The number of phenols is 1. The number of benzene rings is 6. The van der Waals surface area contributed by atoms with E-state index in [4.69, 9.17) is 9.97 Å². The Balaban J connectivity index is 1.33. The van der Waals surface area contributed by atoms with Gasteiger partial charge in [-0.05, 0) is 114 Å². The third-order valence-electron chi connectivity index (χ3n) is 12.4. The lowest BCUT2D eigenvalue weighted by molar-refractivity contribution is 0.446. The average molecular weight is 783 g/mol. The van der Waals surface area contributed by atoms with E-state index in [1.807, 2.05) is 6.20 Å². The highest BCUT2D eigenvalue weighted by molar-refractivity contribution is 6.16. The molecule has 0 spiro atoms. The number of aryl methyl sites for hydroxylation is 3.